The van der Waals surface area contributed by atoms with Gasteiger partial charge >= 0.3 is 30.5 Å². The number of carbonyl (C=O) groups excluding carboxylic acids is 6. The Morgan fingerprint density at radius 2 is 1.19 bits per heavy atom. The summed E-state index contributed by atoms with van der Waals surface area (Å²) in [6, 6.07) is -4.93. The molecule has 0 aromatic carbocycles. The molecule has 12 atom stereocenters. The molecule has 1 unspecified atom stereocenters. The molecule has 3 rings (SSSR count). The van der Waals surface area contributed by atoms with Gasteiger partial charge in [-0.15, -0.1) is 0 Å². The highest BCUT2D eigenvalue weighted by atomic mass is 16.7. The van der Waals surface area contributed by atoms with Crippen molar-refractivity contribution in [1.82, 2.24) is 36.8 Å². The van der Waals surface area contributed by atoms with Crippen LogP contribution in [-0.2, 0) is 42.7 Å². The molecule has 1 aliphatic carbocycles. The fourth-order valence-corrected chi connectivity index (χ4v) is 8.51. The van der Waals surface area contributed by atoms with Crippen LogP contribution in [0.15, 0.2) is 11.8 Å². The molecule has 0 aromatic rings. The molecule has 1 saturated heterocycles. The minimum absolute atomic E-state index is 0.0898. The Labute approximate surface area is 441 Å². The number of hydrogen-bond acceptors (Lipinski definition) is 19. The molecule has 25 heteroatoms. The Morgan fingerprint density at radius 1 is 0.693 bits per heavy atom. The number of hydrogen-bond donors (Lipinski definition) is 10. The number of aliphatic hydroxyl groups is 4. The van der Waals surface area contributed by atoms with Gasteiger partial charge in [0.25, 0.3) is 0 Å². The first-order chi connectivity index (χ1) is 34.1. The lowest BCUT2D eigenvalue weighted by atomic mass is 9.72. The minimum Gasteiger partial charge on any atom is -0.491 e. The third-order valence-corrected chi connectivity index (χ3v) is 11.3. The molecule has 6 amide bonds. The number of alkyl carbamates (subject to hydrolysis) is 4. The topological polar surface area (TPSA) is 333 Å². The van der Waals surface area contributed by atoms with Crippen LogP contribution in [0.1, 0.15) is 130 Å². The monoisotopic (exact) mass is 1080 g/mol. The molecule has 2 fully saturated rings. The first-order valence-corrected chi connectivity index (χ1v) is 25.4. The lowest BCUT2D eigenvalue weighted by molar-refractivity contribution is -0.305. The minimum atomic E-state index is -1.88. The lowest BCUT2D eigenvalue weighted by Gasteiger charge is -2.52. The first-order valence-electron chi connectivity index (χ1n) is 25.4. The highest BCUT2D eigenvalue weighted by molar-refractivity contribution is 5.81. The van der Waals surface area contributed by atoms with Crippen LogP contribution < -0.4 is 31.9 Å². The van der Waals surface area contributed by atoms with Crippen molar-refractivity contribution < 1.29 is 87.1 Å². The molecular formula is C50H89N7O18. The number of likely N-dealkylation sites (N-methyl/N-ethyl adjacent to an activating group) is 1. The van der Waals surface area contributed by atoms with Crippen molar-refractivity contribution in [2.75, 3.05) is 39.8 Å². The third kappa shape index (κ3) is 21.9. The molecule has 0 bridgehead atoms. The van der Waals surface area contributed by atoms with Crippen LogP contribution in [0.25, 0.3) is 0 Å². The van der Waals surface area contributed by atoms with Gasteiger partial charge in [0.15, 0.2) is 6.29 Å². The van der Waals surface area contributed by atoms with Gasteiger partial charge in [-0.05, 0) is 136 Å². The predicted octanol–water partition coefficient (Wildman–Crippen LogP) is 2.79. The summed E-state index contributed by atoms with van der Waals surface area (Å²) >= 11 is 0. The summed E-state index contributed by atoms with van der Waals surface area (Å²) < 4.78 is 46.5. The smallest absolute Gasteiger partial charge is 0.410 e. The molecule has 3 aliphatic rings. The fraction of sp³-hybridized carbons (Fsp3) is 0.840. The summed E-state index contributed by atoms with van der Waals surface area (Å²) in [7, 11) is 1.31. The van der Waals surface area contributed by atoms with Crippen molar-refractivity contribution in [2.24, 2.45) is 5.92 Å². The molecule has 0 radical (unpaired) electrons. The van der Waals surface area contributed by atoms with Gasteiger partial charge in [0.05, 0.1) is 37.4 Å². The Morgan fingerprint density at radius 3 is 1.71 bits per heavy atom. The molecule has 432 valence electrons. The lowest BCUT2D eigenvalue weighted by Crippen LogP contribution is -2.71. The second kappa shape index (κ2) is 25.9. The average Bonchev–Trinajstić information content (AvgIpc) is 3.20. The number of nitrogens with one attached hydrogen (secondary N) is 6. The molecule has 0 aromatic heterocycles. The SMILES string of the molecule is CN(C(=O)OC(C)(C)C)[C@@H]1[C@@H](O)[C@@H](O[C@H]2[C@H](NC(=O)[C@@H](O)CCNC(=O)OC(C)(C)C)C[C@H](NC(=O)OC(C)(C)C)C([C@H]3OC(CNCCNC(=O)OC(C)(C)C)=CC[C@H]3NC(=O)OC(C)(C)C)[C@@H]2O)OC[C@]1(C)O. The second-order valence-corrected chi connectivity index (χ2v) is 24.4. The quantitative estimate of drug-likeness (QED) is 0.0785. The maximum atomic E-state index is 14.0. The number of amides is 6. The van der Waals surface area contributed by atoms with E-state index in [-0.39, 0.29) is 45.4 Å². The summed E-state index contributed by atoms with van der Waals surface area (Å²) in [6.07, 6.45) is -12.8. The Kier molecular flexibility index (Phi) is 22.3. The zero-order valence-corrected chi connectivity index (χ0v) is 47.0. The van der Waals surface area contributed by atoms with Gasteiger partial charge < -0.3 is 95.1 Å². The third-order valence-electron chi connectivity index (χ3n) is 11.3. The van der Waals surface area contributed by atoms with Gasteiger partial charge in [-0.3, -0.25) is 4.79 Å². The van der Waals surface area contributed by atoms with Crippen LogP contribution in [0.4, 0.5) is 24.0 Å². The van der Waals surface area contributed by atoms with Gasteiger partial charge in [0.2, 0.25) is 5.91 Å². The van der Waals surface area contributed by atoms with Crippen LogP contribution in [0.2, 0.25) is 0 Å². The molecule has 1 saturated carbocycles. The van der Waals surface area contributed by atoms with Crippen molar-refractivity contribution in [3.05, 3.63) is 11.8 Å². The second-order valence-electron chi connectivity index (χ2n) is 24.4. The number of rotatable bonds is 16. The van der Waals surface area contributed by atoms with Crippen molar-refractivity contribution in [1.29, 1.82) is 0 Å². The number of ether oxygens (including phenoxy) is 8. The highest BCUT2D eigenvalue weighted by Gasteiger charge is 2.56. The Bertz CT molecular complexity index is 1970. The number of carbonyl (C=O) groups is 6. The van der Waals surface area contributed by atoms with E-state index in [1.165, 1.54) is 14.0 Å². The summed E-state index contributed by atoms with van der Waals surface area (Å²) in [5.41, 5.74) is -6.31. The predicted molar refractivity (Wildman–Crippen MR) is 271 cm³/mol. The zero-order chi connectivity index (χ0) is 57.2. The summed E-state index contributed by atoms with van der Waals surface area (Å²) in [4.78, 5) is 80.3. The van der Waals surface area contributed by atoms with Gasteiger partial charge in [0.1, 0.15) is 63.8 Å². The van der Waals surface area contributed by atoms with E-state index in [0.29, 0.717) is 5.76 Å². The Hall–Kier alpha value is -4.92. The van der Waals surface area contributed by atoms with Crippen molar-refractivity contribution in [2.45, 2.75) is 225 Å². The van der Waals surface area contributed by atoms with Crippen LogP contribution in [0, 0.1) is 5.92 Å². The molecule has 75 heavy (non-hydrogen) atoms. The zero-order valence-electron chi connectivity index (χ0n) is 47.0. The van der Waals surface area contributed by atoms with E-state index in [2.05, 4.69) is 31.9 Å². The van der Waals surface area contributed by atoms with Crippen LogP contribution in [0.3, 0.4) is 0 Å². The van der Waals surface area contributed by atoms with E-state index in [9.17, 15) is 49.2 Å². The standard InChI is InChI=1S/C50H89N7O18/c1-45(2,3)71-40(62)52-21-20-31(58)38(61)54-30-24-29(56-43(65)74-48(10,11)12)32(33(59)36(30)70-39-34(60)37(50(16,67)26-68-39)57(17)44(66)75-49(13,14)15)35-28(55-42(64)73-47(7,8)9)19-18-27(69-35)25-51-22-23-53-41(63)72-46(4,5)6/h18,28-37,39,51,58-60,67H,19-26H2,1-17H3,(H,52,62)(H,53,63)(H,54,61)(H,55,64)(H,56,65)/t28-,29+,30-,31+,32?,33+,34-,35+,36+,37-,39-,50+/m1/s1. The maximum Gasteiger partial charge on any atom is 0.410 e. The maximum absolute atomic E-state index is 14.0. The summed E-state index contributed by atoms with van der Waals surface area (Å²) in [6.45, 7) is 26.3. The fourth-order valence-electron chi connectivity index (χ4n) is 8.51. The molecule has 0 spiro atoms. The van der Waals surface area contributed by atoms with E-state index < -0.39 is 143 Å². The normalized spacial score (nSPS) is 27.9. The highest BCUT2D eigenvalue weighted by Crippen LogP contribution is 2.39. The largest absolute Gasteiger partial charge is 0.491 e. The summed E-state index contributed by atoms with van der Waals surface area (Å²) in [5, 5.41) is 64.4. The van der Waals surface area contributed by atoms with Crippen LogP contribution in [-0.4, -0.2) is 196 Å². The van der Waals surface area contributed by atoms with Gasteiger partial charge in [-0.1, -0.05) is 0 Å². The molecule has 2 heterocycles. The van der Waals surface area contributed by atoms with Crippen LogP contribution in [0.5, 0.6) is 0 Å². The van der Waals surface area contributed by atoms with Crippen LogP contribution >= 0.6 is 0 Å². The Balaban J connectivity index is 2.14. The van der Waals surface area contributed by atoms with Crippen molar-refractivity contribution in [3.8, 4) is 0 Å². The van der Waals surface area contributed by atoms with E-state index in [0.717, 1.165) is 4.90 Å². The summed E-state index contributed by atoms with van der Waals surface area (Å²) in [5.74, 6) is -1.91. The average molecular weight is 1080 g/mol. The molecular weight excluding hydrogens is 987 g/mol. The number of aliphatic hydroxyl groups excluding tert-OH is 3. The van der Waals surface area contributed by atoms with E-state index in [1.807, 2.05) is 0 Å². The van der Waals surface area contributed by atoms with E-state index in [4.69, 9.17) is 37.9 Å². The van der Waals surface area contributed by atoms with Gasteiger partial charge in [-0.25, -0.2) is 24.0 Å². The molecule has 2 aliphatic heterocycles. The van der Waals surface area contributed by atoms with Gasteiger partial charge in [-0.2, -0.15) is 0 Å². The van der Waals surface area contributed by atoms with E-state index >= 15 is 0 Å². The van der Waals surface area contributed by atoms with Crippen molar-refractivity contribution in [3.63, 3.8) is 0 Å². The van der Waals surface area contributed by atoms with Crippen molar-refractivity contribution >= 4 is 36.4 Å². The molecule has 25 nitrogen and oxygen atoms in total. The first kappa shape index (κ1) is 64.4. The molecule has 10 N–H and O–H groups in total. The number of nitrogens with zero attached hydrogens (tertiary/aromatic N) is 1. The van der Waals surface area contributed by atoms with E-state index in [1.54, 1.807) is 110 Å². The van der Waals surface area contributed by atoms with Gasteiger partial charge in [0, 0.05) is 38.6 Å².